The molecule has 2 aromatic carbocycles. The van der Waals surface area contributed by atoms with Crippen molar-refractivity contribution in [3.05, 3.63) is 71.8 Å². The first-order valence-electron chi connectivity index (χ1n) is 15.2. The molecule has 6 rings (SSSR count). The SMILES string of the molecule is COc1ccc(CN2C(=O)C3C(C(=O)Nc4ccc(C(C)C)cc4)C4C=CC3(O4)C2C(=O)NC2CCCCC2C)cc1. The Morgan fingerprint density at radius 2 is 1.76 bits per heavy atom. The van der Waals surface area contributed by atoms with Crippen LogP contribution in [0.15, 0.2) is 60.7 Å². The van der Waals surface area contributed by atoms with Crippen LogP contribution in [0.1, 0.15) is 63.5 Å². The van der Waals surface area contributed by atoms with Crippen LogP contribution in [0.3, 0.4) is 0 Å². The van der Waals surface area contributed by atoms with Crippen molar-refractivity contribution in [2.75, 3.05) is 12.4 Å². The molecule has 8 heteroatoms. The van der Waals surface area contributed by atoms with Crippen molar-refractivity contribution in [3.8, 4) is 5.75 Å². The molecule has 3 fully saturated rings. The number of nitrogens with one attached hydrogen (secondary N) is 2. The maximum absolute atomic E-state index is 14.3. The number of anilines is 1. The van der Waals surface area contributed by atoms with Crippen LogP contribution < -0.4 is 15.4 Å². The number of benzene rings is 2. The fourth-order valence-electron chi connectivity index (χ4n) is 7.33. The molecule has 3 aliphatic heterocycles. The first-order valence-corrected chi connectivity index (χ1v) is 15.2. The van der Waals surface area contributed by atoms with Crippen molar-refractivity contribution in [1.82, 2.24) is 10.2 Å². The molecule has 4 aliphatic rings. The molecule has 8 nitrogen and oxygen atoms in total. The molecule has 3 amide bonds. The number of methoxy groups -OCH3 is 1. The molecule has 42 heavy (non-hydrogen) atoms. The predicted molar refractivity (Wildman–Crippen MR) is 160 cm³/mol. The highest BCUT2D eigenvalue weighted by Gasteiger charge is 2.72. The molecule has 7 atom stereocenters. The van der Waals surface area contributed by atoms with E-state index >= 15 is 0 Å². The van der Waals surface area contributed by atoms with Gasteiger partial charge in [-0.1, -0.05) is 70.0 Å². The number of carbonyl (C=O) groups excluding carboxylic acids is 3. The van der Waals surface area contributed by atoms with Gasteiger partial charge >= 0.3 is 0 Å². The third-order valence-corrected chi connectivity index (χ3v) is 9.72. The minimum atomic E-state index is -1.19. The molecular weight excluding hydrogens is 530 g/mol. The Bertz CT molecular complexity index is 1370. The third kappa shape index (κ3) is 4.89. The Morgan fingerprint density at radius 1 is 1.05 bits per heavy atom. The monoisotopic (exact) mass is 571 g/mol. The van der Waals surface area contributed by atoms with E-state index in [0.29, 0.717) is 23.3 Å². The summed E-state index contributed by atoms with van der Waals surface area (Å²) in [4.78, 5) is 43.8. The number of hydrogen-bond acceptors (Lipinski definition) is 5. The predicted octanol–water partition coefficient (Wildman–Crippen LogP) is 4.80. The van der Waals surface area contributed by atoms with Crippen molar-refractivity contribution >= 4 is 23.4 Å². The maximum atomic E-state index is 14.3. The number of fused-ring (bicyclic) bond motifs is 1. The lowest BCUT2D eigenvalue weighted by molar-refractivity contribution is -0.142. The molecule has 222 valence electrons. The quantitative estimate of drug-likeness (QED) is 0.444. The molecule has 2 bridgehead atoms. The minimum Gasteiger partial charge on any atom is -0.497 e. The molecule has 0 radical (unpaired) electrons. The van der Waals surface area contributed by atoms with Crippen molar-refractivity contribution < 1.29 is 23.9 Å². The fourth-order valence-corrected chi connectivity index (χ4v) is 7.33. The molecule has 7 unspecified atom stereocenters. The average Bonchev–Trinajstić information content (AvgIpc) is 3.62. The zero-order chi connectivity index (χ0) is 29.6. The largest absolute Gasteiger partial charge is 0.497 e. The molecule has 1 aliphatic carbocycles. The molecule has 1 saturated carbocycles. The van der Waals surface area contributed by atoms with Gasteiger partial charge in [0.05, 0.1) is 25.0 Å². The molecule has 2 N–H and O–H groups in total. The van der Waals surface area contributed by atoms with Crippen LogP contribution in [0, 0.1) is 17.8 Å². The minimum absolute atomic E-state index is 0.0510. The van der Waals surface area contributed by atoms with Gasteiger partial charge in [0, 0.05) is 18.3 Å². The van der Waals surface area contributed by atoms with Gasteiger partial charge in [-0.05, 0) is 60.1 Å². The Hall–Kier alpha value is -3.65. The highest BCUT2D eigenvalue weighted by molar-refractivity contribution is 6.02. The summed E-state index contributed by atoms with van der Waals surface area (Å²) < 4.78 is 11.8. The van der Waals surface area contributed by atoms with Crippen molar-refractivity contribution in [2.45, 2.75) is 82.7 Å². The number of ether oxygens (including phenoxy) is 2. The third-order valence-electron chi connectivity index (χ3n) is 9.72. The van der Waals surface area contributed by atoms with E-state index in [2.05, 4.69) is 31.4 Å². The van der Waals surface area contributed by atoms with Crippen molar-refractivity contribution in [2.24, 2.45) is 17.8 Å². The van der Waals surface area contributed by atoms with Gasteiger partial charge in [-0.15, -0.1) is 0 Å². The summed E-state index contributed by atoms with van der Waals surface area (Å²) >= 11 is 0. The summed E-state index contributed by atoms with van der Waals surface area (Å²) in [5, 5.41) is 6.31. The van der Waals surface area contributed by atoms with E-state index in [1.54, 1.807) is 12.0 Å². The summed E-state index contributed by atoms with van der Waals surface area (Å²) in [6.07, 6.45) is 7.37. The van der Waals surface area contributed by atoms with Crippen LogP contribution in [0.4, 0.5) is 5.69 Å². The Kier molecular flexibility index (Phi) is 7.60. The normalized spacial score (nSPS) is 31.4. The molecule has 2 saturated heterocycles. The second kappa shape index (κ2) is 11.2. The molecular formula is C34H41N3O5. The summed E-state index contributed by atoms with van der Waals surface area (Å²) in [5.41, 5.74) is 1.53. The van der Waals surface area contributed by atoms with E-state index in [9.17, 15) is 14.4 Å². The van der Waals surface area contributed by atoms with Gasteiger partial charge in [0.2, 0.25) is 17.7 Å². The van der Waals surface area contributed by atoms with Crippen LogP contribution >= 0.6 is 0 Å². The highest BCUT2D eigenvalue weighted by Crippen LogP contribution is 2.55. The highest BCUT2D eigenvalue weighted by atomic mass is 16.5. The number of hydrogen-bond donors (Lipinski definition) is 2. The summed E-state index contributed by atoms with van der Waals surface area (Å²) in [6, 6.07) is 14.4. The fraction of sp³-hybridized carbons (Fsp3) is 0.500. The number of amides is 3. The lowest BCUT2D eigenvalue weighted by Gasteiger charge is -2.36. The molecule has 2 aromatic rings. The molecule has 1 spiro atoms. The first-order chi connectivity index (χ1) is 20.2. The Morgan fingerprint density at radius 3 is 2.43 bits per heavy atom. The average molecular weight is 572 g/mol. The van der Waals surface area contributed by atoms with Gasteiger partial charge in [0.15, 0.2) is 0 Å². The van der Waals surface area contributed by atoms with Gasteiger partial charge < -0.3 is 25.0 Å². The zero-order valence-electron chi connectivity index (χ0n) is 24.8. The second-order valence-corrected chi connectivity index (χ2v) is 12.7. The number of likely N-dealkylation sites (tertiary alicyclic amines) is 1. The number of carbonyl (C=O) groups is 3. The maximum Gasteiger partial charge on any atom is 0.246 e. The van der Waals surface area contributed by atoms with Crippen LogP contribution in [-0.4, -0.2) is 53.5 Å². The van der Waals surface area contributed by atoms with Crippen molar-refractivity contribution in [1.29, 1.82) is 0 Å². The molecule has 3 heterocycles. The van der Waals surface area contributed by atoms with Crippen molar-refractivity contribution in [3.63, 3.8) is 0 Å². The van der Waals surface area contributed by atoms with Gasteiger partial charge in [-0.3, -0.25) is 14.4 Å². The summed E-state index contributed by atoms with van der Waals surface area (Å²) in [7, 11) is 1.61. The number of nitrogens with zero attached hydrogens (tertiary/aromatic N) is 1. The Balaban J connectivity index is 1.30. The van der Waals surface area contributed by atoms with E-state index in [1.165, 1.54) is 5.56 Å². The topological polar surface area (TPSA) is 97.0 Å². The van der Waals surface area contributed by atoms with E-state index in [-0.39, 0.29) is 30.3 Å². The lowest BCUT2D eigenvalue weighted by Crippen LogP contribution is -2.57. The Labute approximate surface area is 247 Å². The standard InChI is InChI=1S/C34H41N3O5/c1-20(2)23-11-13-24(14-12-23)35-31(38)28-27-17-18-34(42-27)29(28)33(40)37(19-22-9-15-25(41-4)16-10-22)30(34)32(39)36-26-8-6-5-7-21(26)3/h9-18,20-21,26-30H,5-8,19H2,1-4H3,(H,35,38)(H,36,39). The zero-order valence-corrected chi connectivity index (χ0v) is 24.8. The van der Waals surface area contributed by atoms with E-state index in [4.69, 9.17) is 9.47 Å². The van der Waals surface area contributed by atoms with Crippen LogP contribution in [0.2, 0.25) is 0 Å². The number of rotatable bonds is 8. The van der Waals surface area contributed by atoms with Gasteiger partial charge in [0.1, 0.15) is 17.4 Å². The van der Waals surface area contributed by atoms with E-state index < -0.39 is 29.6 Å². The van der Waals surface area contributed by atoms with Crippen LogP contribution in [-0.2, 0) is 25.7 Å². The van der Waals surface area contributed by atoms with Crippen LogP contribution in [0.25, 0.3) is 0 Å². The smallest absolute Gasteiger partial charge is 0.246 e. The van der Waals surface area contributed by atoms with Gasteiger partial charge in [-0.25, -0.2) is 0 Å². The van der Waals surface area contributed by atoms with E-state index in [1.807, 2.05) is 60.7 Å². The van der Waals surface area contributed by atoms with E-state index in [0.717, 1.165) is 31.2 Å². The summed E-state index contributed by atoms with van der Waals surface area (Å²) in [6.45, 7) is 6.64. The second-order valence-electron chi connectivity index (χ2n) is 12.7. The van der Waals surface area contributed by atoms with Gasteiger partial charge in [0.25, 0.3) is 0 Å². The van der Waals surface area contributed by atoms with Gasteiger partial charge in [-0.2, -0.15) is 0 Å². The molecule has 0 aromatic heterocycles. The van der Waals surface area contributed by atoms with Crippen LogP contribution in [0.5, 0.6) is 5.75 Å². The summed E-state index contributed by atoms with van der Waals surface area (Å²) in [5.74, 6) is -0.791. The first kappa shape index (κ1) is 28.5. The lowest BCUT2D eigenvalue weighted by atomic mass is 9.74.